The maximum atomic E-state index is 10.9. The normalized spacial score (nSPS) is 16.8. The molecule has 0 aromatic heterocycles. The van der Waals surface area contributed by atoms with Crippen LogP contribution >= 0.6 is 0 Å². The topological polar surface area (TPSA) is 57.5 Å². The van der Waals surface area contributed by atoms with Gasteiger partial charge in [0.05, 0.1) is 5.41 Å². The van der Waals surface area contributed by atoms with Crippen molar-refractivity contribution < 1.29 is 15.0 Å². The minimum atomic E-state index is -1.38. The molecule has 0 aromatic carbocycles. The van der Waals surface area contributed by atoms with Crippen LogP contribution in [0.25, 0.3) is 0 Å². The third kappa shape index (κ3) is 1.75. The zero-order valence-electron chi connectivity index (χ0n) is 8.66. The monoisotopic (exact) mass is 186 g/mol. The van der Waals surface area contributed by atoms with Crippen LogP contribution in [-0.2, 0) is 4.79 Å². The molecule has 3 nitrogen and oxygen atoms in total. The lowest BCUT2D eigenvalue weighted by Crippen LogP contribution is -2.51. The van der Waals surface area contributed by atoms with Gasteiger partial charge in [0.25, 0.3) is 0 Å². The van der Waals surface area contributed by atoms with Gasteiger partial charge in [0.2, 0.25) is 0 Å². The van der Waals surface area contributed by atoms with Crippen molar-refractivity contribution in [3.8, 4) is 0 Å². The Morgan fingerprint density at radius 1 is 1.46 bits per heavy atom. The third-order valence-electron chi connectivity index (χ3n) is 2.73. The Morgan fingerprint density at radius 2 is 1.85 bits per heavy atom. The van der Waals surface area contributed by atoms with Crippen LogP contribution in [0.5, 0.6) is 0 Å². The number of rotatable bonds is 4. The number of aliphatic carboxylic acids is 1. The molecule has 76 valence electrons. The first kappa shape index (κ1) is 12.2. The second-order valence-electron chi connectivity index (χ2n) is 4.11. The van der Waals surface area contributed by atoms with Gasteiger partial charge in [-0.25, -0.2) is 0 Å². The van der Waals surface area contributed by atoms with E-state index in [2.05, 4.69) is 6.58 Å². The lowest BCUT2D eigenvalue weighted by Gasteiger charge is -2.40. The summed E-state index contributed by atoms with van der Waals surface area (Å²) in [6.45, 7) is 10.0. The summed E-state index contributed by atoms with van der Waals surface area (Å²) in [6, 6.07) is 0. The molecule has 0 heterocycles. The van der Waals surface area contributed by atoms with Gasteiger partial charge in [-0.15, -0.1) is 6.58 Å². The highest BCUT2D eigenvalue weighted by molar-refractivity contribution is 5.76. The first-order chi connectivity index (χ1) is 5.70. The molecule has 0 saturated carbocycles. The van der Waals surface area contributed by atoms with Gasteiger partial charge in [0.1, 0.15) is 5.60 Å². The fourth-order valence-electron chi connectivity index (χ4n) is 1.38. The maximum Gasteiger partial charge on any atom is 0.312 e. The molecule has 1 atom stereocenters. The molecule has 13 heavy (non-hydrogen) atoms. The molecule has 1 unspecified atom stereocenters. The fourth-order valence-corrected chi connectivity index (χ4v) is 1.38. The first-order valence-electron chi connectivity index (χ1n) is 4.29. The van der Waals surface area contributed by atoms with Gasteiger partial charge in [0, 0.05) is 0 Å². The molecule has 0 amide bonds. The Bertz CT molecular complexity index is 218. The molecule has 0 aliphatic rings. The Morgan fingerprint density at radius 3 is 1.92 bits per heavy atom. The molecule has 0 fully saturated rings. The Balaban J connectivity index is 5.19. The largest absolute Gasteiger partial charge is 0.481 e. The van der Waals surface area contributed by atoms with E-state index in [1.54, 1.807) is 13.8 Å². The molecule has 0 aromatic rings. The van der Waals surface area contributed by atoms with E-state index in [0.29, 0.717) is 0 Å². The van der Waals surface area contributed by atoms with E-state index in [1.807, 2.05) is 0 Å². The number of carbonyl (C=O) groups is 1. The van der Waals surface area contributed by atoms with Crippen molar-refractivity contribution in [2.75, 3.05) is 0 Å². The highest BCUT2D eigenvalue weighted by atomic mass is 16.4. The average molecular weight is 186 g/mol. The van der Waals surface area contributed by atoms with Crippen LogP contribution in [0.1, 0.15) is 27.7 Å². The van der Waals surface area contributed by atoms with Crippen molar-refractivity contribution in [1.82, 2.24) is 0 Å². The second-order valence-corrected chi connectivity index (χ2v) is 4.11. The minimum Gasteiger partial charge on any atom is -0.481 e. The Labute approximate surface area is 79.1 Å². The van der Waals surface area contributed by atoms with Gasteiger partial charge in [-0.1, -0.05) is 19.9 Å². The molecular formula is C10H18O3. The number of carboxylic acid groups (broad SMARTS) is 1. The third-order valence-corrected chi connectivity index (χ3v) is 2.73. The van der Waals surface area contributed by atoms with Crippen LogP contribution in [0.15, 0.2) is 12.7 Å². The number of aliphatic hydroxyl groups is 1. The summed E-state index contributed by atoms with van der Waals surface area (Å²) in [5, 5.41) is 19.0. The summed E-state index contributed by atoms with van der Waals surface area (Å²) < 4.78 is 0. The molecule has 3 heteroatoms. The lowest BCUT2D eigenvalue weighted by molar-refractivity contribution is -0.163. The van der Waals surface area contributed by atoms with E-state index in [4.69, 9.17) is 5.11 Å². The average Bonchev–Trinajstić information content (AvgIpc) is 2.01. The lowest BCUT2D eigenvalue weighted by atomic mass is 9.69. The van der Waals surface area contributed by atoms with Crippen LogP contribution in [0.4, 0.5) is 0 Å². The molecule has 0 rings (SSSR count). The highest BCUT2D eigenvalue weighted by Crippen LogP contribution is 2.37. The van der Waals surface area contributed by atoms with Gasteiger partial charge in [-0.2, -0.15) is 0 Å². The Kier molecular flexibility index (Phi) is 3.28. The van der Waals surface area contributed by atoms with E-state index in [1.165, 1.54) is 19.9 Å². The van der Waals surface area contributed by atoms with Crippen molar-refractivity contribution in [1.29, 1.82) is 0 Å². The van der Waals surface area contributed by atoms with Crippen LogP contribution in [0, 0.1) is 11.3 Å². The summed E-state index contributed by atoms with van der Waals surface area (Å²) in [5.41, 5.74) is -2.60. The zero-order chi connectivity index (χ0) is 10.9. The predicted octanol–water partition coefficient (Wildman–Crippen LogP) is 1.67. The van der Waals surface area contributed by atoms with Crippen molar-refractivity contribution in [2.24, 2.45) is 11.3 Å². The van der Waals surface area contributed by atoms with Crippen LogP contribution in [0.2, 0.25) is 0 Å². The van der Waals surface area contributed by atoms with Crippen LogP contribution < -0.4 is 0 Å². The SMILES string of the molecule is C=CC(O)(C(C)C)C(C)(C)C(=O)O. The molecule has 0 spiro atoms. The number of hydrogen-bond donors (Lipinski definition) is 2. The van der Waals surface area contributed by atoms with Crippen molar-refractivity contribution in [3.05, 3.63) is 12.7 Å². The predicted molar refractivity (Wildman–Crippen MR) is 51.4 cm³/mol. The van der Waals surface area contributed by atoms with Gasteiger partial charge in [-0.05, 0) is 19.8 Å². The second kappa shape index (κ2) is 3.50. The summed E-state index contributed by atoms with van der Waals surface area (Å²) in [5.74, 6) is -1.21. The standard InChI is InChI=1S/C10H18O3/c1-6-10(13,7(2)3)9(4,5)8(11)12/h6-7,13H,1H2,2-5H3,(H,11,12). The molecule has 0 aliphatic heterocycles. The minimum absolute atomic E-state index is 0.184. The van der Waals surface area contributed by atoms with E-state index in [-0.39, 0.29) is 5.92 Å². The number of hydrogen-bond acceptors (Lipinski definition) is 2. The van der Waals surface area contributed by atoms with Crippen molar-refractivity contribution >= 4 is 5.97 Å². The quantitative estimate of drug-likeness (QED) is 0.656. The maximum absolute atomic E-state index is 10.9. The van der Waals surface area contributed by atoms with Gasteiger partial charge >= 0.3 is 5.97 Å². The van der Waals surface area contributed by atoms with E-state index < -0.39 is 17.0 Å². The smallest absolute Gasteiger partial charge is 0.312 e. The van der Waals surface area contributed by atoms with Crippen LogP contribution in [-0.4, -0.2) is 21.8 Å². The van der Waals surface area contributed by atoms with E-state index in [0.717, 1.165) is 0 Å². The van der Waals surface area contributed by atoms with Crippen LogP contribution in [0.3, 0.4) is 0 Å². The van der Waals surface area contributed by atoms with Gasteiger partial charge < -0.3 is 10.2 Å². The molecule has 0 saturated heterocycles. The van der Waals surface area contributed by atoms with E-state index in [9.17, 15) is 9.90 Å². The molecule has 0 bridgehead atoms. The molecule has 2 N–H and O–H groups in total. The zero-order valence-corrected chi connectivity index (χ0v) is 8.66. The van der Waals surface area contributed by atoms with E-state index >= 15 is 0 Å². The summed E-state index contributed by atoms with van der Waals surface area (Å²) in [6.07, 6.45) is 1.31. The highest BCUT2D eigenvalue weighted by Gasteiger charge is 2.48. The van der Waals surface area contributed by atoms with Crippen molar-refractivity contribution in [2.45, 2.75) is 33.3 Å². The summed E-state index contributed by atoms with van der Waals surface area (Å²) in [7, 11) is 0. The van der Waals surface area contributed by atoms with Gasteiger partial charge in [0.15, 0.2) is 0 Å². The molecular weight excluding hydrogens is 168 g/mol. The first-order valence-corrected chi connectivity index (χ1v) is 4.29. The summed E-state index contributed by atoms with van der Waals surface area (Å²) >= 11 is 0. The summed E-state index contributed by atoms with van der Waals surface area (Å²) in [4.78, 5) is 10.9. The Hall–Kier alpha value is -0.830. The molecule has 0 radical (unpaired) electrons. The van der Waals surface area contributed by atoms with Gasteiger partial charge in [-0.3, -0.25) is 4.79 Å². The van der Waals surface area contributed by atoms with Crippen molar-refractivity contribution in [3.63, 3.8) is 0 Å². The molecule has 0 aliphatic carbocycles. The fraction of sp³-hybridized carbons (Fsp3) is 0.700. The number of carboxylic acids is 1.